The van der Waals surface area contributed by atoms with Gasteiger partial charge >= 0.3 is 0 Å². The minimum atomic E-state index is 0.828. The Labute approximate surface area is 114 Å². The molecular formula is C14H21N5. The van der Waals surface area contributed by atoms with E-state index in [1.807, 2.05) is 23.0 Å². The van der Waals surface area contributed by atoms with Crippen LogP contribution in [-0.2, 0) is 13.0 Å². The van der Waals surface area contributed by atoms with Crippen molar-refractivity contribution in [2.45, 2.75) is 40.2 Å². The molecule has 0 bridgehead atoms. The van der Waals surface area contributed by atoms with Crippen LogP contribution in [0.15, 0.2) is 18.3 Å². The maximum absolute atomic E-state index is 4.60. The molecule has 0 amide bonds. The molecule has 0 spiro atoms. The summed E-state index contributed by atoms with van der Waals surface area (Å²) in [6.45, 7) is 8.05. The zero-order valence-corrected chi connectivity index (χ0v) is 11.8. The van der Waals surface area contributed by atoms with Crippen LogP contribution in [-0.4, -0.2) is 26.3 Å². The third-order valence-corrected chi connectivity index (χ3v) is 2.92. The van der Waals surface area contributed by atoms with Crippen molar-refractivity contribution in [1.82, 2.24) is 19.7 Å². The summed E-state index contributed by atoms with van der Waals surface area (Å²) in [4.78, 5) is 9.10. The summed E-state index contributed by atoms with van der Waals surface area (Å²) < 4.78 is 1.95. The zero-order valence-electron chi connectivity index (χ0n) is 11.8. The van der Waals surface area contributed by atoms with Crippen molar-refractivity contribution < 1.29 is 0 Å². The number of nitrogens with one attached hydrogen (secondary N) is 1. The van der Waals surface area contributed by atoms with Crippen LogP contribution in [0.4, 0.5) is 5.82 Å². The molecule has 2 heterocycles. The van der Waals surface area contributed by atoms with Gasteiger partial charge < -0.3 is 5.32 Å². The van der Waals surface area contributed by atoms with E-state index in [1.54, 1.807) is 0 Å². The molecule has 0 fully saturated rings. The average molecular weight is 259 g/mol. The Bertz CT molecular complexity index is 532. The van der Waals surface area contributed by atoms with Crippen molar-refractivity contribution in [2.75, 3.05) is 11.9 Å². The highest BCUT2D eigenvalue weighted by atomic mass is 15.3. The van der Waals surface area contributed by atoms with E-state index in [2.05, 4.69) is 41.2 Å². The van der Waals surface area contributed by atoms with Gasteiger partial charge in [-0.15, -0.1) is 0 Å². The van der Waals surface area contributed by atoms with Crippen LogP contribution in [0.2, 0.25) is 0 Å². The number of nitrogens with zero attached hydrogens (tertiary/aromatic N) is 4. The fourth-order valence-electron chi connectivity index (χ4n) is 1.93. The predicted molar refractivity (Wildman–Crippen MR) is 77.1 cm³/mol. The Morgan fingerprint density at radius 2 is 2.05 bits per heavy atom. The lowest BCUT2D eigenvalue weighted by molar-refractivity contribution is 0.665. The molecule has 2 aromatic rings. The summed E-state index contributed by atoms with van der Waals surface area (Å²) in [5.41, 5.74) is 1.98. The summed E-state index contributed by atoms with van der Waals surface area (Å²) in [6, 6.07) is 3.99. The van der Waals surface area contributed by atoms with E-state index in [1.165, 1.54) is 0 Å². The highest BCUT2D eigenvalue weighted by Gasteiger charge is 2.09. The number of rotatable bonds is 6. The molecule has 5 nitrogen and oxygen atoms in total. The van der Waals surface area contributed by atoms with E-state index < -0.39 is 0 Å². The van der Waals surface area contributed by atoms with Crippen molar-refractivity contribution >= 4 is 5.82 Å². The van der Waals surface area contributed by atoms with Gasteiger partial charge in [0.2, 0.25) is 0 Å². The van der Waals surface area contributed by atoms with Crippen LogP contribution in [0.1, 0.15) is 33.0 Å². The maximum Gasteiger partial charge on any atom is 0.131 e. The first-order valence-electron chi connectivity index (χ1n) is 6.92. The van der Waals surface area contributed by atoms with E-state index in [4.69, 9.17) is 0 Å². The number of hydrogen-bond acceptors (Lipinski definition) is 4. The fourth-order valence-corrected chi connectivity index (χ4v) is 1.93. The van der Waals surface area contributed by atoms with Crippen molar-refractivity contribution in [3.05, 3.63) is 24.2 Å². The van der Waals surface area contributed by atoms with Gasteiger partial charge in [-0.05, 0) is 19.4 Å². The molecule has 0 atom stereocenters. The molecule has 102 valence electrons. The van der Waals surface area contributed by atoms with Gasteiger partial charge in [0.1, 0.15) is 11.6 Å². The largest absolute Gasteiger partial charge is 0.370 e. The average Bonchev–Trinajstić information content (AvgIpc) is 2.93. The lowest BCUT2D eigenvalue weighted by Gasteiger charge is -2.09. The molecule has 2 aromatic heterocycles. The highest BCUT2D eigenvalue weighted by Crippen LogP contribution is 2.20. The number of aromatic nitrogens is 4. The van der Waals surface area contributed by atoms with Gasteiger partial charge in [0.25, 0.3) is 0 Å². The third kappa shape index (κ3) is 3.10. The number of hydrogen-bond donors (Lipinski definition) is 1. The third-order valence-electron chi connectivity index (χ3n) is 2.92. The summed E-state index contributed by atoms with van der Waals surface area (Å²) in [6.07, 6.45) is 3.72. The maximum atomic E-state index is 4.60. The van der Waals surface area contributed by atoms with Crippen molar-refractivity contribution in [1.29, 1.82) is 0 Å². The minimum Gasteiger partial charge on any atom is -0.370 e. The first-order valence-corrected chi connectivity index (χ1v) is 6.92. The molecule has 0 aliphatic heterocycles. The normalized spacial score (nSPS) is 10.7. The van der Waals surface area contributed by atoms with Gasteiger partial charge in [0.15, 0.2) is 0 Å². The molecule has 0 aliphatic carbocycles. The molecule has 0 radical (unpaired) electrons. The highest BCUT2D eigenvalue weighted by molar-refractivity contribution is 5.58. The van der Waals surface area contributed by atoms with Gasteiger partial charge in [0.05, 0.1) is 11.4 Å². The molecule has 5 heteroatoms. The Hall–Kier alpha value is -1.91. The Balaban J connectivity index is 2.38. The molecule has 0 aromatic carbocycles. The van der Waals surface area contributed by atoms with Gasteiger partial charge in [-0.25, -0.2) is 9.97 Å². The second-order valence-corrected chi connectivity index (χ2v) is 4.37. The van der Waals surface area contributed by atoms with Crippen LogP contribution >= 0.6 is 0 Å². The second kappa shape index (κ2) is 6.31. The van der Waals surface area contributed by atoms with Gasteiger partial charge in [-0.2, -0.15) is 5.10 Å². The summed E-state index contributed by atoms with van der Waals surface area (Å²) >= 11 is 0. The monoisotopic (exact) mass is 259 g/mol. The van der Waals surface area contributed by atoms with E-state index in [0.29, 0.717) is 0 Å². The molecule has 0 saturated heterocycles. The smallest absolute Gasteiger partial charge is 0.131 e. The van der Waals surface area contributed by atoms with E-state index in [9.17, 15) is 0 Å². The Morgan fingerprint density at radius 1 is 1.21 bits per heavy atom. The Kier molecular flexibility index (Phi) is 4.49. The number of anilines is 1. The molecule has 0 aliphatic rings. The molecule has 0 unspecified atom stereocenters. The quantitative estimate of drug-likeness (QED) is 0.866. The first-order chi connectivity index (χ1) is 9.28. The lowest BCUT2D eigenvalue weighted by atomic mass is 10.2. The molecular weight excluding hydrogens is 238 g/mol. The van der Waals surface area contributed by atoms with Gasteiger partial charge in [-0.1, -0.05) is 13.8 Å². The van der Waals surface area contributed by atoms with Crippen LogP contribution in [0.25, 0.3) is 11.4 Å². The SMILES string of the molecule is CCCNc1cc(-c2ccnn2CC)nc(CC)n1. The zero-order chi connectivity index (χ0) is 13.7. The van der Waals surface area contributed by atoms with E-state index in [-0.39, 0.29) is 0 Å². The van der Waals surface area contributed by atoms with Crippen molar-refractivity contribution in [3.63, 3.8) is 0 Å². The van der Waals surface area contributed by atoms with E-state index in [0.717, 1.165) is 49.0 Å². The molecule has 19 heavy (non-hydrogen) atoms. The molecule has 0 saturated carbocycles. The molecule has 1 N–H and O–H groups in total. The lowest BCUT2D eigenvalue weighted by Crippen LogP contribution is -2.07. The number of aryl methyl sites for hydroxylation is 2. The topological polar surface area (TPSA) is 55.6 Å². The van der Waals surface area contributed by atoms with Crippen LogP contribution in [0, 0.1) is 0 Å². The summed E-state index contributed by atoms with van der Waals surface area (Å²) in [7, 11) is 0. The Morgan fingerprint density at radius 3 is 2.74 bits per heavy atom. The van der Waals surface area contributed by atoms with Gasteiger partial charge in [-0.3, -0.25) is 4.68 Å². The first kappa shape index (κ1) is 13.5. The van der Waals surface area contributed by atoms with E-state index >= 15 is 0 Å². The van der Waals surface area contributed by atoms with Crippen molar-refractivity contribution in [3.8, 4) is 11.4 Å². The summed E-state index contributed by atoms with van der Waals surface area (Å²) in [5.74, 6) is 1.76. The van der Waals surface area contributed by atoms with Gasteiger partial charge in [0, 0.05) is 31.8 Å². The minimum absolute atomic E-state index is 0.828. The second-order valence-electron chi connectivity index (χ2n) is 4.37. The van der Waals surface area contributed by atoms with Crippen LogP contribution in [0.5, 0.6) is 0 Å². The standard InChI is InChI=1S/C14H21N5/c1-4-8-15-14-10-11(17-13(5-2)18-14)12-7-9-16-19(12)6-3/h7,9-10H,4-6,8H2,1-3H3,(H,15,17,18). The summed E-state index contributed by atoms with van der Waals surface area (Å²) in [5, 5.41) is 7.62. The fraction of sp³-hybridized carbons (Fsp3) is 0.500. The van der Waals surface area contributed by atoms with Crippen LogP contribution in [0.3, 0.4) is 0 Å². The molecule has 2 rings (SSSR count). The van der Waals surface area contributed by atoms with Crippen molar-refractivity contribution in [2.24, 2.45) is 0 Å². The van der Waals surface area contributed by atoms with Crippen LogP contribution < -0.4 is 5.32 Å². The predicted octanol–water partition coefficient (Wildman–Crippen LogP) is 2.74.